The fourth-order valence-corrected chi connectivity index (χ4v) is 1.90. The molecule has 1 unspecified atom stereocenters. The van der Waals surface area contributed by atoms with Crippen molar-refractivity contribution in [2.45, 2.75) is 32.9 Å². The first kappa shape index (κ1) is 13.6. The number of hydrogen-bond acceptors (Lipinski definition) is 3. The van der Waals surface area contributed by atoms with Crippen molar-refractivity contribution in [1.29, 1.82) is 0 Å². The molecular formula is C15H18FN3. The Labute approximate surface area is 112 Å². The maximum Gasteiger partial charge on any atom is 0.141 e. The van der Waals surface area contributed by atoms with Gasteiger partial charge in [0, 0.05) is 24.5 Å². The van der Waals surface area contributed by atoms with Gasteiger partial charge in [-0.1, -0.05) is 13.0 Å². The van der Waals surface area contributed by atoms with Gasteiger partial charge in [-0.2, -0.15) is 0 Å². The summed E-state index contributed by atoms with van der Waals surface area (Å²) in [5.74, 6) is -0.304. The van der Waals surface area contributed by atoms with Gasteiger partial charge in [0.25, 0.3) is 0 Å². The summed E-state index contributed by atoms with van der Waals surface area (Å²) in [6, 6.07) is 7.35. The molecule has 0 radical (unpaired) electrons. The zero-order valence-electron chi connectivity index (χ0n) is 11.2. The number of aromatic nitrogens is 2. The number of rotatable bonds is 5. The molecule has 1 N–H and O–H groups in total. The number of aryl methyl sites for hydroxylation is 1. The Morgan fingerprint density at radius 1 is 1.16 bits per heavy atom. The number of halogens is 1. The fraction of sp³-hybridized carbons (Fsp3) is 0.333. The predicted octanol–water partition coefficient (Wildman–Crippen LogP) is 3.17. The molecule has 0 saturated carbocycles. The maximum absolute atomic E-state index is 12.9. The molecule has 2 aromatic heterocycles. The molecule has 0 fully saturated rings. The van der Waals surface area contributed by atoms with E-state index in [2.05, 4.69) is 28.3 Å². The lowest BCUT2D eigenvalue weighted by atomic mass is 10.1. The number of pyridine rings is 2. The van der Waals surface area contributed by atoms with Crippen molar-refractivity contribution < 1.29 is 4.39 Å². The van der Waals surface area contributed by atoms with Crippen molar-refractivity contribution in [3.05, 3.63) is 59.4 Å². The van der Waals surface area contributed by atoms with Crippen LogP contribution in [0.15, 0.2) is 36.7 Å². The van der Waals surface area contributed by atoms with Crippen LogP contribution in [0.25, 0.3) is 0 Å². The third-order valence-electron chi connectivity index (χ3n) is 3.04. The zero-order valence-corrected chi connectivity index (χ0v) is 11.2. The molecular weight excluding hydrogens is 241 g/mol. The average molecular weight is 259 g/mol. The van der Waals surface area contributed by atoms with E-state index in [1.54, 1.807) is 6.07 Å². The quantitative estimate of drug-likeness (QED) is 0.896. The van der Waals surface area contributed by atoms with E-state index in [1.807, 2.05) is 19.2 Å². The second kappa shape index (κ2) is 6.38. The highest BCUT2D eigenvalue weighted by molar-refractivity contribution is 5.14. The van der Waals surface area contributed by atoms with Crippen molar-refractivity contribution >= 4 is 0 Å². The minimum absolute atomic E-state index is 0.127. The molecule has 100 valence electrons. The summed E-state index contributed by atoms with van der Waals surface area (Å²) < 4.78 is 12.9. The van der Waals surface area contributed by atoms with Crippen LogP contribution in [0.3, 0.4) is 0 Å². The number of hydrogen-bond donors (Lipinski definition) is 1. The van der Waals surface area contributed by atoms with Gasteiger partial charge in [-0.15, -0.1) is 0 Å². The summed E-state index contributed by atoms with van der Waals surface area (Å²) in [5, 5.41) is 3.42. The third kappa shape index (κ3) is 3.83. The van der Waals surface area contributed by atoms with Crippen LogP contribution >= 0.6 is 0 Å². The first-order chi connectivity index (χ1) is 9.19. The van der Waals surface area contributed by atoms with Crippen LogP contribution in [-0.4, -0.2) is 9.97 Å². The van der Waals surface area contributed by atoms with Gasteiger partial charge >= 0.3 is 0 Å². The zero-order chi connectivity index (χ0) is 13.7. The number of nitrogens with one attached hydrogen (secondary N) is 1. The first-order valence-corrected chi connectivity index (χ1v) is 6.45. The largest absolute Gasteiger partial charge is 0.304 e. The third-order valence-corrected chi connectivity index (χ3v) is 3.04. The SMILES string of the molecule is CCC(NCc1ccc(C)nc1)c1ccc(F)cn1. The molecule has 1 atom stereocenters. The van der Waals surface area contributed by atoms with Crippen LogP contribution in [0.5, 0.6) is 0 Å². The highest BCUT2D eigenvalue weighted by Crippen LogP contribution is 2.15. The lowest BCUT2D eigenvalue weighted by Gasteiger charge is -2.16. The molecule has 0 aromatic carbocycles. The minimum atomic E-state index is -0.304. The second-order valence-corrected chi connectivity index (χ2v) is 4.55. The Balaban J connectivity index is 1.99. The summed E-state index contributed by atoms with van der Waals surface area (Å²) >= 11 is 0. The van der Waals surface area contributed by atoms with Crippen LogP contribution < -0.4 is 5.32 Å². The summed E-state index contributed by atoms with van der Waals surface area (Å²) in [4.78, 5) is 8.38. The van der Waals surface area contributed by atoms with Crippen molar-refractivity contribution in [1.82, 2.24) is 15.3 Å². The Kier molecular flexibility index (Phi) is 4.58. The predicted molar refractivity (Wildman–Crippen MR) is 73.0 cm³/mol. The molecule has 2 heterocycles. The van der Waals surface area contributed by atoms with Gasteiger partial charge in [-0.3, -0.25) is 9.97 Å². The van der Waals surface area contributed by atoms with E-state index in [1.165, 1.54) is 12.3 Å². The number of nitrogens with zero attached hydrogens (tertiary/aromatic N) is 2. The summed E-state index contributed by atoms with van der Waals surface area (Å²) in [6.07, 6.45) is 4.03. The Morgan fingerprint density at radius 2 is 2.00 bits per heavy atom. The van der Waals surface area contributed by atoms with Crippen molar-refractivity contribution in [2.75, 3.05) is 0 Å². The fourth-order valence-electron chi connectivity index (χ4n) is 1.90. The molecule has 0 saturated heterocycles. The maximum atomic E-state index is 12.9. The topological polar surface area (TPSA) is 37.8 Å². The second-order valence-electron chi connectivity index (χ2n) is 4.55. The molecule has 0 aliphatic rings. The van der Waals surface area contributed by atoms with E-state index >= 15 is 0 Å². The van der Waals surface area contributed by atoms with Crippen molar-refractivity contribution in [3.63, 3.8) is 0 Å². The van der Waals surface area contributed by atoms with Gasteiger partial charge in [0.15, 0.2) is 0 Å². The lowest BCUT2D eigenvalue weighted by Crippen LogP contribution is -2.21. The average Bonchev–Trinajstić information content (AvgIpc) is 2.43. The van der Waals surface area contributed by atoms with Crippen LogP contribution in [0.4, 0.5) is 4.39 Å². The van der Waals surface area contributed by atoms with Crippen molar-refractivity contribution in [2.24, 2.45) is 0 Å². The van der Waals surface area contributed by atoms with E-state index in [4.69, 9.17) is 0 Å². The highest BCUT2D eigenvalue weighted by atomic mass is 19.1. The van der Waals surface area contributed by atoms with Crippen LogP contribution in [-0.2, 0) is 6.54 Å². The smallest absolute Gasteiger partial charge is 0.141 e. The van der Waals surface area contributed by atoms with E-state index in [9.17, 15) is 4.39 Å². The van der Waals surface area contributed by atoms with Crippen LogP contribution in [0, 0.1) is 12.7 Å². The highest BCUT2D eigenvalue weighted by Gasteiger charge is 2.10. The van der Waals surface area contributed by atoms with Gasteiger partial charge in [0.1, 0.15) is 5.82 Å². The minimum Gasteiger partial charge on any atom is -0.304 e. The van der Waals surface area contributed by atoms with E-state index in [0.29, 0.717) is 0 Å². The lowest BCUT2D eigenvalue weighted by molar-refractivity contribution is 0.503. The van der Waals surface area contributed by atoms with Gasteiger partial charge in [-0.25, -0.2) is 4.39 Å². The van der Waals surface area contributed by atoms with Crippen LogP contribution in [0.2, 0.25) is 0 Å². The summed E-state index contributed by atoms with van der Waals surface area (Å²) in [5.41, 5.74) is 3.01. The molecule has 0 amide bonds. The van der Waals surface area contributed by atoms with E-state index in [0.717, 1.165) is 29.9 Å². The molecule has 0 spiro atoms. The molecule has 4 heteroatoms. The Morgan fingerprint density at radius 3 is 2.58 bits per heavy atom. The van der Waals surface area contributed by atoms with Crippen molar-refractivity contribution in [3.8, 4) is 0 Å². The summed E-state index contributed by atoms with van der Waals surface area (Å²) in [6.45, 7) is 4.77. The monoisotopic (exact) mass is 259 g/mol. The molecule has 2 rings (SSSR count). The first-order valence-electron chi connectivity index (χ1n) is 6.45. The molecule has 0 aliphatic carbocycles. The van der Waals surface area contributed by atoms with E-state index < -0.39 is 0 Å². The summed E-state index contributed by atoms with van der Waals surface area (Å²) in [7, 11) is 0. The standard InChI is InChI=1S/C15H18FN3/c1-3-14(15-7-6-13(16)10-19-15)18-9-12-5-4-11(2)17-8-12/h4-8,10,14,18H,3,9H2,1-2H3. The van der Waals surface area contributed by atoms with E-state index in [-0.39, 0.29) is 11.9 Å². The van der Waals surface area contributed by atoms with Gasteiger partial charge in [-0.05, 0) is 37.1 Å². The Bertz CT molecular complexity index is 508. The molecule has 3 nitrogen and oxygen atoms in total. The van der Waals surface area contributed by atoms with Gasteiger partial charge < -0.3 is 5.32 Å². The normalized spacial score (nSPS) is 12.4. The van der Waals surface area contributed by atoms with Gasteiger partial charge in [0.05, 0.1) is 11.9 Å². The van der Waals surface area contributed by atoms with Crippen LogP contribution in [0.1, 0.15) is 36.3 Å². The molecule has 0 bridgehead atoms. The van der Waals surface area contributed by atoms with Gasteiger partial charge in [0.2, 0.25) is 0 Å². The molecule has 2 aromatic rings. The Hall–Kier alpha value is -1.81. The molecule has 19 heavy (non-hydrogen) atoms. The molecule has 0 aliphatic heterocycles.